The van der Waals surface area contributed by atoms with Crippen LogP contribution in [0.2, 0.25) is 0 Å². The van der Waals surface area contributed by atoms with Crippen LogP contribution in [0.25, 0.3) is 0 Å². The molecule has 1 aromatic carbocycles. The van der Waals surface area contributed by atoms with E-state index in [1.165, 1.54) is 14.0 Å². The highest BCUT2D eigenvalue weighted by molar-refractivity contribution is 5.97. The third kappa shape index (κ3) is 3.20. The number of fused-ring (bicyclic) bond motifs is 1. The molecule has 0 N–H and O–H groups in total. The van der Waals surface area contributed by atoms with E-state index >= 15 is 0 Å². The number of esters is 1. The number of ether oxygens (including phenoxy) is 3. The molecule has 0 aliphatic carbocycles. The van der Waals surface area contributed by atoms with E-state index in [1.807, 2.05) is 6.92 Å². The average Bonchev–Trinajstić information content (AvgIpc) is 2.90. The molecule has 0 radical (unpaired) electrons. The van der Waals surface area contributed by atoms with Gasteiger partial charge in [0.15, 0.2) is 18.0 Å². The van der Waals surface area contributed by atoms with Gasteiger partial charge in [-0.05, 0) is 39.3 Å². The topological polar surface area (TPSA) is 61.8 Å². The van der Waals surface area contributed by atoms with Crippen LogP contribution in [0, 0.1) is 0 Å². The summed E-state index contributed by atoms with van der Waals surface area (Å²) in [6.45, 7) is 10.6. The maximum atomic E-state index is 12.2. The largest absolute Gasteiger partial charge is 0.496 e. The van der Waals surface area contributed by atoms with Crippen LogP contribution in [-0.4, -0.2) is 25.0 Å². The lowest BCUT2D eigenvalue weighted by Gasteiger charge is -2.20. The summed E-state index contributed by atoms with van der Waals surface area (Å²) in [6.07, 6.45) is 0.536. The molecule has 1 heterocycles. The van der Waals surface area contributed by atoms with Crippen LogP contribution in [0.1, 0.15) is 49.7 Å². The van der Waals surface area contributed by atoms with E-state index in [-0.39, 0.29) is 5.78 Å². The number of Topliss-reactive ketones (excluding diaryl/α,β-unsaturated/α-hetero) is 1. The van der Waals surface area contributed by atoms with Gasteiger partial charge >= 0.3 is 5.97 Å². The Morgan fingerprint density at radius 2 is 1.92 bits per heavy atom. The first-order chi connectivity index (χ1) is 11.3. The quantitative estimate of drug-likeness (QED) is 0.356. The van der Waals surface area contributed by atoms with E-state index < -0.39 is 18.2 Å². The summed E-state index contributed by atoms with van der Waals surface area (Å²) < 4.78 is 16.8. The van der Waals surface area contributed by atoms with Crippen molar-refractivity contribution in [2.45, 2.75) is 39.9 Å². The monoisotopic (exact) mass is 330 g/mol. The summed E-state index contributed by atoms with van der Waals surface area (Å²) >= 11 is 0. The maximum Gasteiger partial charge on any atom is 0.334 e. The highest BCUT2D eigenvalue weighted by Gasteiger charge is 2.39. The molecule has 24 heavy (non-hydrogen) atoms. The Morgan fingerprint density at radius 3 is 2.42 bits per heavy atom. The SMILES string of the molecule is C=C(C)[C@H]1Oc2cc(OC)c(C(C)=O)cc2[C@@H]1OC(=O)C(C)=CC. The van der Waals surface area contributed by atoms with Crippen LogP contribution in [-0.2, 0) is 9.53 Å². The van der Waals surface area contributed by atoms with Gasteiger partial charge in [-0.2, -0.15) is 0 Å². The van der Waals surface area contributed by atoms with Crippen molar-refractivity contribution < 1.29 is 23.8 Å². The van der Waals surface area contributed by atoms with Crippen molar-refractivity contribution in [2.75, 3.05) is 7.11 Å². The third-order valence-corrected chi connectivity index (χ3v) is 4.02. The number of benzene rings is 1. The van der Waals surface area contributed by atoms with Crippen molar-refractivity contribution in [3.8, 4) is 11.5 Å². The number of carbonyl (C=O) groups excluding carboxylic acids is 2. The number of allylic oxidation sites excluding steroid dienone is 1. The third-order valence-electron chi connectivity index (χ3n) is 4.02. The highest BCUT2D eigenvalue weighted by atomic mass is 16.6. The second-order valence-corrected chi connectivity index (χ2v) is 5.83. The predicted molar refractivity (Wildman–Crippen MR) is 90.5 cm³/mol. The Bertz CT molecular complexity index is 730. The molecular formula is C19H22O5. The lowest BCUT2D eigenvalue weighted by Crippen LogP contribution is -2.24. The van der Waals surface area contributed by atoms with E-state index in [2.05, 4.69) is 6.58 Å². The van der Waals surface area contributed by atoms with Gasteiger partial charge in [0.2, 0.25) is 0 Å². The first kappa shape index (κ1) is 17.8. The first-order valence-electron chi connectivity index (χ1n) is 7.69. The van der Waals surface area contributed by atoms with Crippen LogP contribution >= 0.6 is 0 Å². The summed E-state index contributed by atoms with van der Waals surface area (Å²) in [6, 6.07) is 3.32. The van der Waals surface area contributed by atoms with Crippen molar-refractivity contribution in [2.24, 2.45) is 0 Å². The Kier molecular flexibility index (Phi) is 5.12. The standard InChI is InChI=1S/C19H22O5/c1-7-11(4)19(21)24-18-14-8-13(12(5)20)15(22-6)9-16(14)23-17(18)10(2)3/h7-9,17-18H,2H2,1,3-6H3/t17-,18+/m1/s1. The van der Waals surface area contributed by atoms with Gasteiger partial charge in [0.05, 0.1) is 12.7 Å². The number of rotatable bonds is 5. The molecule has 0 fully saturated rings. The van der Waals surface area contributed by atoms with Gasteiger partial charge in [0.25, 0.3) is 0 Å². The highest BCUT2D eigenvalue weighted by Crippen LogP contribution is 2.44. The summed E-state index contributed by atoms with van der Waals surface area (Å²) in [4.78, 5) is 24.1. The van der Waals surface area contributed by atoms with Crippen molar-refractivity contribution in [1.82, 2.24) is 0 Å². The molecule has 2 rings (SSSR count). The Morgan fingerprint density at radius 1 is 1.25 bits per heavy atom. The normalized spacial score (nSPS) is 19.3. The van der Waals surface area contributed by atoms with Crippen LogP contribution in [0.3, 0.4) is 0 Å². The van der Waals surface area contributed by atoms with Gasteiger partial charge in [0, 0.05) is 17.2 Å². The van der Waals surface area contributed by atoms with Gasteiger partial charge in [-0.3, -0.25) is 4.79 Å². The van der Waals surface area contributed by atoms with Crippen molar-refractivity contribution in [3.05, 3.63) is 47.1 Å². The Labute approximate surface area is 141 Å². The number of ketones is 1. The maximum absolute atomic E-state index is 12.2. The zero-order valence-electron chi connectivity index (χ0n) is 14.6. The summed E-state index contributed by atoms with van der Waals surface area (Å²) in [7, 11) is 1.49. The van der Waals surface area contributed by atoms with E-state index in [0.717, 1.165) is 5.57 Å². The van der Waals surface area contributed by atoms with Gasteiger partial charge < -0.3 is 14.2 Å². The fourth-order valence-electron chi connectivity index (χ4n) is 2.52. The lowest BCUT2D eigenvalue weighted by atomic mass is 9.98. The molecule has 0 saturated heterocycles. The van der Waals surface area contributed by atoms with Crippen LogP contribution in [0.4, 0.5) is 0 Å². The molecule has 2 atom stereocenters. The number of carbonyl (C=O) groups is 2. The minimum atomic E-state index is -0.649. The van der Waals surface area contributed by atoms with Crippen LogP contribution < -0.4 is 9.47 Å². The molecule has 5 nitrogen and oxygen atoms in total. The molecule has 0 saturated carbocycles. The molecular weight excluding hydrogens is 308 g/mol. The zero-order valence-corrected chi connectivity index (χ0v) is 14.6. The van der Waals surface area contributed by atoms with E-state index in [0.29, 0.717) is 28.2 Å². The minimum Gasteiger partial charge on any atom is -0.496 e. The van der Waals surface area contributed by atoms with Crippen LogP contribution in [0.15, 0.2) is 35.9 Å². The van der Waals surface area contributed by atoms with Crippen molar-refractivity contribution in [3.63, 3.8) is 0 Å². The number of hydrogen-bond acceptors (Lipinski definition) is 5. The molecule has 1 aliphatic rings. The van der Waals surface area contributed by atoms with Crippen molar-refractivity contribution >= 4 is 11.8 Å². The smallest absolute Gasteiger partial charge is 0.334 e. The molecule has 1 aliphatic heterocycles. The van der Waals surface area contributed by atoms with Gasteiger partial charge in [0.1, 0.15) is 11.5 Å². The predicted octanol–water partition coefficient (Wildman–Crippen LogP) is 3.79. The summed E-state index contributed by atoms with van der Waals surface area (Å²) in [5.41, 5.74) is 2.30. The first-order valence-corrected chi connectivity index (χ1v) is 7.69. The number of methoxy groups -OCH3 is 1. The molecule has 128 valence electrons. The average molecular weight is 330 g/mol. The van der Waals surface area contributed by atoms with Crippen LogP contribution in [0.5, 0.6) is 11.5 Å². The minimum absolute atomic E-state index is 0.136. The second kappa shape index (κ2) is 6.91. The molecule has 0 spiro atoms. The molecule has 0 bridgehead atoms. The fourth-order valence-corrected chi connectivity index (χ4v) is 2.52. The fraction of sp³-hybridized carbons (Fsp3) is 0.368. The van der Waals surface area contributed by atoms with Gasteiger partial charge in [-0.15, -0.1) is 0 Å². The molecule has 0 aromatic heterocycles. The molecule has 0 amide bonds. The molecule has 5 heteroatoms. The van der Waals surface area contributed by atoms with Gasteiger partial charge in [-0.1, -0.05) is 12.7 Å². The second-order valence-electron chi connectivity index (χ2n) is 5.83. The van der Waals surface area contributed by atoms with Gasteiger partial charge in [-0.25, -0.2) is 4.79 Å². The Hall–Kier alpha value is -2.56. The van der Waals surface area contributed by atoms with E-state index in [4.69, 9.17) is 14.2 Å². The summed E-state index contributed by atoms with van der Waals surface area (Å²) in [5, 5.41) is 0. The molecule has 0 unspecified atom stereocenters. The Balaban J connectivity index is 2.50. The van der Waals surface area contributed by atoms with Crippen molar-refractivity contribution in [1.29, 1.82) is 0 Å². The molecule has 1 aromatic rings. The van der Waals surface area contributed by atoms with E-state index in [9.17, 15) is 9.59 Å². The zero-order chi connectivity index (χ0) is 18.0. The summed E-state index contributed by atoms with van der Waals surface area (Å²) in [5.74, 6) is 0.396. The lowest BCUT2D eigenvalue weighted by molar-refractivity contribution is -0.146. The number of hydrogen-bond donors (Lipinski definition) is 0. The van der Waals surface area contributed by atoms with E-state index in [1.54, 1.807) is 32.1 Å².